The van der Waals surface area contributed by atoms with Crippen LogP contribution in [0.4, 0.5) is 4.39 Å². The molecular weight excluding hydrogens is 215 g/mol. The van der Waals surface area contributed by atoms with Gasteiger partial charge < -0.3 is 4.74 Å². The maximum atomic E-state index is 13.3. The molecule has 0 unspecified atom stereocenters. The topological polar surface area (TPSA) is 9.23 Å². The van der Waals surface area contributed by atoms with Crippen LogP contribution in [0.5, 0.6) is 5.75 Å². The van der Waals surface area contributed by atoms with Gasteiger partial charge in [-0.15, -0.1) is 0 Å². The molecule has 0 radical (unpaired) electrons. The number of ether oxygens (including phenoxy) is 1. The van der Waals surface area contributed by atoms with E-state index in [4.69, 9.17) is 4.74 Å². The summed E-state index contributed by atoms with van der Waals surface area (Å²) >= 11 is 0. The molecule has 0 aliphatic heterocycles. The van der Waals surface area contributed by atoms with Crippen LogP contribution in [0.1, 0.15) is 5.56 Å². The molecule has 0 amide bonds. The molecule has 0 N–H and O–H groups in total. The van der Waals surface area contributed by atoms with Crippen LogP contribution in [-0.4, -0.2) is 7.11 Å². The third-order valence-corrected chi connectivity index (χ3v) is 2.64. The van der Waals surface area contributed by atoms with E-state index in [0.29, 0.717) is 0 Å². The van der Waals surface area contributed by atoms with Crippen LogP contribution in [0.15, 0.2) is 49.0 Å². The number of halogens is 1. The van der Waals surface area contributed by atoms with Gasteiger partial charge >= 0.3 is 0 Å². The molecule has 1 nitrogen and oxygen atoms in total. The third kappa shape index (κ3) is 2.21. The summed E-state index contributed by atoms with van der Waals surface area (Å²) in [6.45, 7) is 3.77. The Labute approximate surface area is 100 Å². The van der Waals surface area contributed by atoms with E-state index in [-0.39, 0.29) is 11.6 Å². The van der Waals surface area contributed by atoms with Crippen LogP contribution in [0.3, 0.4) is 0 Å². The van der Waals surface area contributed by atoms with E-state index in [0.717, 1.165) is 16.7 Å². The van der Waals surface area contributed by atoms with Crippen molar-refractivity contribution in [3.05, 3.63) is 60.4 Å². The normalized spacial score (nSPS) is 10.0. The zero-order valence-electron chi connectivity index (χ0n) is 9.61. The van der Waals surface area contributed by atoms with Gasteiger partial charge in [-0.05, 0) is 28.8 Å². The summed E-state index contributed by atoms with van der Waals surface area (Å²) in [7, 11) is 1.46. The van der Waals surface area contributed by atoms with Gasteiger partial charge in [-0.3, -0.25) is 0 Å². The Bertz CT molecular complexity index is 546. The van der Waals surface area contributed by atoms with Gasteiger partial charge in [0, 0.05) is 0 Å². The molecule has 0 heterocycles. The Morgan fingerprint density at radius 1 is 1.18 bits per heavy atom. The molecule has 0 saturated carbocycles. The number of methoxy groups -OCH3 is 1. The molecule has 2 rings (SSSR count). The zero-order valence-corrected chi connectivity index (χ0v) is 9.61. The van der Waals surface area contributed by atoms with Crippen LogP contribution in [-0.2, 0) is 0 Å². The Kier molecular flexibility index (Phi) is 3.24. The zero-order chi connectivity index (χ0) is 12.3. The van der Waals surface area contributed by atoms with Gasteiger partial charge in [0.05, 0.1) is 7.11 Å². The molecule has 2 heteroatoms. The lowest BCUT2D eigenvalue weighted by Crippen LogP contribution is -1.89. The van der Waals surface area contributed by atoms with Crippen molar-refractivity contribution in [1.29, 1.82) is 0 Å². The number of benzene rings is 2. The first-order valence-electron chi connectivity index (χ1n) is 5.31. The fourth-order valence-electron chi connectivity index (χ4n) is 1.77. The second-order valence-electron chi connectivity index (χ2n) is 3.64. The minimum absolute atomic E-state index is 0.251. The van der Waals surface area contributed by atoms with E-state index in [1.54, 1.807) is 18.2 Å². The molecule has 86 valence electrons. The van der Waals surface area contributed by atoms with E-state index in [1.807, 2.05) is 24.3 Å². The molecule has 0 saturated heterocycles. The predicted molar refractivity (Wildman–Crippen MR) is 68.5 cm³/mol. The minimum atomic E-state index is -0.354. The average molecular weight is 228 g/mol. The fraction of sp³-hybridized carbons (Fsp3) is 0.0667. The highest BCUT2D eigenvalue weighted by Crippen LogP contribution is 2.29. The summed E-state index contributed by atoms with van der Waals surface area (Å²) in [5, 5.41) is 0. The van der Waals surface area contributed by atoms with E-state index < -0.39 is 0 Å². The maximum Gasteiger partial charge on any atom is 0.165 e. The number of rotatable bonds is 3. The summed E-state index contributed by atoms with van der Waals surface area (Å²) in [4.78, 5) is 0. The molecule has 0 fully saturated rings. The highest BCUT2D eigenvalue weighted by molar-refractivity contribution is 5.75. The molecule has 0 aliphatic rings. The summed E-state index contributed by atoms with van der Waals surface area (Å²) < 4.78 is 18.3. The van der Waals surface area contributed by atoms with Gasteiger partial charge in [0.25, 0.3) is 0 Å². The van der Waals surface area contributed by atoms with Crippen molar-refractivity contribution in [2.24, 2.45) is 0 Å². The third-order valence-electron chi connectivity index (χ3n) is 2.64. The number of hydrogen-bond donors (Lipinski definition) is 0. The number of hydrogen-bond acceptors (Lipinski definition) is 1. The molecule has 17 heavy (non-hydrogen) atoms. The lowest BCUT2D eigenvalue weighted by Gasteiger charge is -2.08. The van der Waals surface area contributed by atoms with Crippen LogP contribution in [0, 0.1) is 5.82 Å². The van der Waals surface area contributed by atoms with E-state index >= 15 is 0 Å². The van der Waals surface area contributed by atoms with E-state index in [2.05, 4.69) is 6.58 Å². The molecule has 2 aromatic carbocycles. The molecule has 0 bridgehead atoms. The molecule has 0 spiro atoms. The molecule has 0 aliphatic carbocycles. The smallest absolute Gasteiger partial charge is 0.165 e. The second kappa shape index (κ2) is 4.83. The van der Waals surface area contributed by atoms with Crippen LogP contribution in [0.25, 0.3) is 17.2 Å². The average Bonchev–Trinajstić information content (AvgIpc) is 2.39. The minimum Gasteiger partial charge on any atom is -0.494 e. The van der Waals surface area contributed by atoms with Crippen molar-refractivity contribution < 1.29 is 9.13 Å². The van der Waals surface area contributed by atoms with Crippen molar-refractivity contribution in [2.45, 2.75) is 0 Å². The summed E-state index contributed by atoms with van der Waals surface area (Å²) in [6, 6.07) is 12.7. The molecule has 2 aromatic rings. The van der Waals surface area contributed by atoms with Gasteiger partial charge in [-0.25, -0.2) is 4.39 Å². The Morgan fingerprint density at radius 2 is 1.94 bits per heavy atom. The van der Waals surface area contributed by atoms with Crippen molar-refractivity contribution in [2.75, 3.05) is 7.11 Å². The molecule has 0 aromatic heterocycles. The predicted octanol–water partition coefficient (Wildman–Crippen LogP) is 4.14. The molecule has 0 atom stereocenters. The first kappa shape index (κ1) is 11.4. The monoisotopic (exact) mass is 228 g/mol. The Morgan fingerprint density at radius 3 is 2.65 bits per heavy atom. The first-order valence-corrected chi connectivity index (χ1v) is 5.31. The van der Waals surface area contributed by atoms with Crippen molar-refractivity contribution in [3.8, 4) is 16.9 Å². The van der Waals surface area contributed by atoms with Crippen LogP contribution >= 0.6 is 0 Å². The summed E-state index contributed by atoms with van der Waals surface area (Å²) in [5.74, 6) is -0.103. The van der Waals surface area contributed by atoms with Crippen molar-refractivity contribution in [3.63, 3.8) is 0 Å². The lowest BCUT2D eigenvalue weighted by molar-refractivity contribution is 0.387. The first-order chi connectivity index (χ1) is 8.26. The summed E-state index contributed by atoms with van der Waals surface area (Å²) in [6.07, 6.45) is 1.78. The second-order valence-corrected chi connectivity index (χ2v) is 3.64. The SMILES string of the molecule is C=Cc1ccccc1-c1ccc(F)c(OC)c1. The largest absolute Gasteiger partial charge is 0.494 e. The Hall–Kier alpha value is -2.09. The maximum absolute atomic E-state index is 13.3. The fourth-order valence-corrected chi connectivity index (χ4v) is 1.77. The van der Waals surface area contributed by atoms with Crippen molar-refractivity contribution in [1.82, 2.24) is 0 Å². The Balaban J connectivity index is 2.56. The van der Waals surface area contributed by atoms with Crippen LogP contribution < -0.4 is 4.74 Å². The van der Waals surface area contributed by atoms with Gasteiger partial charge in [-0.2, -0.15) is 0 Å². The highest BCUT2D eigenvalue weighted by Gasteiger charge is 2.07. The van der Waals surface area contributed by atoms with E-state index in [9.17, 15) is 4.39 Å². The van der Waals surface area contributed by atoms with E-state index in [1.165, 1.54) is 13.2 Å². The van der Waals surface area contributed by atoms with Gasteiger partial charge in [0.1, 0.15) is 0 Å². The quantitative estimate of drug-likeness (QED) is 0.767. The standard InChI is InChI=1S/C15H13FO/c1-3-11-6-4-5-7-13(11)12-8-9-14(16)15(10-12)17-2/h3-10H,1H2,2H3. The highest BCUT2D eigenvalue weighted by atomic mass is 19.1. The van der Waals surface area contributed by atoms with Gasteiger partial charge in [-0.1, -0.05) is 43.0 Å². The van der Waals surface area contributed by atoms with Gasteiger partial charge in [0.2, 0.25) is 0 Å². The summed E-state index contributed by atoms with van der Waals surface area (Å²) in [5.41, 5.74) is 2.95. The lowest BCUT2D eigenvalue weighted by atomic mass is 9.99. The van der Waals surface area contributed by atoms with Crippen LogP contribution in [0.2, 0.25) is 0 Å². The van der Waals surface area contributed by atoms with Crippen molar-refractivity contribution >= 4 is 6.08 Å². The van der Waals surface area contributed by atoms with Gasteiger partial charge in [0.15, 0.2) is 11.6 Å². The molecular formula is C15H13FO.